The summed E-state index contributed by atoms with van der Waals surface area (Å²) in [5, 5.41) is 14.5. The van der Waals surface area contributed by atoms with E-state index in [4.69, 9.17) is 0 Å². The first-order valence-corrected chi connectivity index (χ1v) is 9.24. The molecule has 0 unspecified atom stereocenters. The Balaban J connectivity index is 1.68. The SMILES string of the molecule is CCNC(=NCc1ccccc1[N+](=O)[O-])N1CCN(c2ccccc2)CC1. The highest BCUT2D eigenvalue weighted by atomic mass is 16.6. The Labute approximate surface area is 159 Å². The molecule has 1 N–H and O–H groups in total. The third kappa shape index (κ3) is 4.75. The van der Waals surface area contributed by atoms with Crippen molar-refractivity contribution in [1.29, 1.82) is 0 Å². The fourth-order valence-corrected chi connectivity index (χ4v) is 3.22. The summed E-state index contributed by atoms with van der Waals surface area (Å²) in [5.41, 5.74) is 1.98. The average molecular weight is 367 g/mol. The van der Waals surface area contributed by atoms with Gasteiger partial charge in [-0.05, 0) is 19.1 Å². The maximum absolute atomic E-state index is 11.2. The highest BCUT2D eigenvalue weighted by molar-refractivity contribution is 5.80. The van der Waals surface area contributed by atoms with E-state index in [2.05, 4.69) is 44.4 Å². The number of nitrogens with one attached hydrogen (secondary N) is 1. The van der Waals surface area contributed by atoms with Gasteiger partial charge in [-0.15, -0.1) is 0 Å². The average Bonchev–Trinajstić information content (AvgIpc) is 2.72. The van der Waals surface area contributed by atoms with E-state index in [9.17, 15) is 10.1 Å². The van der Waals surface area contributed by atoms with Crippen molar-refractivity contribution in [3.63, 3.8) is 0 Å². The second-order valence-corrected chi connectivity index (χ2v) is 6.37. The van der Waals surface area contributed by atoms with Crippen LogP contribution in [-0.2, 0) is 6.54 Å². The molecule has 0 saturated carbocycles. The minimum absolute atomic E-state index is 0.117. The number of para-hydroxylation sites is 2. The van der Waals surface area contributed by atoms with Gasteiger partial charge in [0, 0.05) is 44.5 Å². The van der Waals surface area contributed by atoms with E-state index in [1.807, 2.05) is 19.1 Å². The first-order valence-electron chi connectivity index (χ1n) is 9.24. The lowest BCUT2D eigenvalue weighted by molar-refractivity contribution is -0.385. The second kappa shape index (κ2) is 9.02. The van der Waals surface area contributed by atoms with Crippen LogP contribution in [0.15, 0.2) is 59.6 Å². The van der Waals surface area contributed by atoms with Crippen LogP contribution in [0.3, 0.4) is 0 Å². The molecular weight excluding hydrogens is 342 g/mol. The summed E-state index contributed by atoms with van der Waals surface area (Å²) in [6.07, 6.45) is 0. The molecule has 27 heavy (non-hydrogen) atoms. The molecule has 1 saturated heterocycles. The Bertz CT molecular complexity index is 786. The van der Waals surface area contributed by atoms with Gasteiger partial charge >= 0.3 is 0 Å². The quantitative estimate of drug-likeness (QED) is 0.381. The van der Waals surface area contributed by atoms with Crippen molar-refractivity contribution in [1.82, 2.24) is 10.2 Å². The molecule has 2 aromatic carbocycles. The van der Waals surface area contributed by atoms with Crippen molar-refractivity contribution < 1.29 is 4.92 Å². The number of piperazine rings is 1. The van der Waals surface area contributed by atoms with Crippen LogP contribution >= 0.6 is 0 Å². The van der Waals surface area contributed by atoms with Crippen molar-refractivity contribution in [3.05, 3.63) is 70.3 Å². The first-order chi connectivity index (χ1) is 13.2. The van der Waals surface area contributed by atoms with Gasteiger partial charge in [0.05, 0.1) is 17.0 Å². The highest BCUT2D eigenvalue weighted by Crippen LogP contribution is 2.19. The van der Waals surface area contributed by atoms with Gasteiger partial charge < -0.3 is 15.1 Å². The van der Waals surface area contributed by atoms with Crippen LogP contribution in [0.1, 0.15) is 12.5 Å². The lowest BCUT2D eigenvalue weighted by Crippen LogP contribution is -2.52. The van der Waals surface area contributed by atoms with E-state index in [1.54, 1.807) is 12.1 Å². The van der Waals surface area contributed by atoms with E-state index in [0.29, 0.717) is 12.1 Å². The fourth-order valence-electron chi connectivity index (χ4n) is 3.22. The third-order valence-corrected chi connectivity index (χ3v) is 4.62. The monoisotopic (exact) mass is 367 g/mol. The number of rotatable bonds is 5. The molecule has 3 rings (SSSR count). The number of nitro groups is 1. The summed E-state index contributed by atoms with van der Waals surface area (Å²) >= 11 is 0. The van der Waals surface area contributed by atoms with Crippen LogP contribution in [0.2, 0.25) is 0 Å². The third-order valence-electron chi connectivity index (χ3n) is 4.62. The predicted molar refractivity (Wildman–Crippen MR) is 108 cm³/mol. The minimum Gasteiger partial charge on any atom is -0.368 e. The largest absolute Gasteiger partial charge is 0.368 e. The van der Waals surface area contributed by atoms with Crippen LogP contribution in [0.25, 0.3) is 0 Å². The lowest BCUT2D eigenvalue weighted by Gasteiger charge is -2.37. The Kier molecular flexibility index (Phi) is 6.25. The van der Waals surface area contributed by atoms with E-state index in [-0.39, 0.29) is 10.6 Å². The van der Waals surface area contributed by atoms with Crippen LogP contribution in [0.5, 0.6) is 0 Å². The van der Waals surface area contributed by atoms with Crippen LogP contribution in [0.4, 0.5) is 11.4 Å². The smallest absolute Gasteiger partial charge is 0.274 e. The maximum atomic E-state index is 11.2. The Morgan fingerprint density at radius 2 is 1.74 bits per heavy atom. The molecule has 0 amide bonds. The molecule has 0 atom stereocenters. The number of nitro benzene ring substituents is 1. The standard InChI is InChI=1S/C20H25N5O2/c1-2-21-20(22-16-17-8-6-7-11-19(17)25(26)27)24-14-12-23(13-15-24)18-9-4-3-5-10-18/h3-11H,2,12-16H2,1H3,(H,21,22). The normalized spacial score (nSPS) is 14.9. The topological polar surface area (TPSA) is 74.0 Å². The summed E-state index contributed by atoms with van der Waals surface area (Å²) in [4.78, 5) is 20.1. The number of nitrogens with zero attached hydrogens (tertiary/aromatic N) is 4. The summed E-state index contributed by atoms with van der Waals surface area (Å²) in [6, 6.07) is 17.2. The van der Waals surface area contributed by atoms with Gasteiger partial charge in [-0.25, -0.2) is 4.99 Å². The molecule has 0 bridgehead atoms. The van der Waals surface area contributed by atoms with Crippen LogP contribution in [0, 0.1) is 10.1 Å². The Hall–Kier alpha value is -3.09. The highest BCUT2D eigenvalue weighted by Gasteiger charge is 2.20. The first kappa shape index (κ1) is 18.7. The zero-order valence-corrected chi connectivity index (χ0v) is 15.5. The molecule has 1 heterocycles. The van der Waals surface area contributed by atoms with Crippen molar-refractivity contribution in [2.24, 2.45) is 4.99 Å². The number of aliphatic imine (C=N–C) groups is 1. The van der Waals surface area contributed by atoms with Crippen molar-refractivity contribution in [2.45, 2.75) is 13.5 Å². The second-order valence-electron chi connectivity index (χ2n) is 6.37. The molecule has 7 nitrogen and oxygen atoms in total. The van der Waals surface area contributed by atoms with E-state index < -0.39 is 0 Å². The van der Waals surface area contributed by atoms with E-state index in [0.717, 1.165) is 38.7 Å². The molecule has 1 aliphatic rings. The van der Waals surface area contributed by atoms with Gasteiger partial charge in [0.2, 0.25) is 0 Å². The maximum Gasteiger partial charge on any atom is 0.274 e. The molecule has 1 fully saturated rings. The molecule has 2 aromatic rings. The zero-order chi connectivity index (χ0) is 19.1. The van der Waals surface area contributed by atoms with Crippen LogP contribution in [-0.4, -0.2) is 48.5 Å². The molecule has 0 aliphatic carbocycles. The number of hydrogen-bond acceptors (Lipinski definition) is 4. The number of hydrogen-bond donors (Lipinski definition) is 1. The predicted octanol–water partition coefficient (Wildman–Crippen LogP) is 2.88. The summed E-state index contributed by atoms with van der Waals surface area (Å²) in [5.74, 6) is 0.809. The zero-order valence-electron chi connectivity index (χ0n) is 15.5. The van der Waals surface area contributed by atoms with Crippen molar-refractivity contribution >= 4 is 17.3 Å². The van der Waals surface area contributed by atoms with Crippen molar-refractivity contribution in [2.75, 3.05) is 37.6 Å². The van der Waals surface area contributed by atoms with E-state index >= 15 is 0 Å². The minimum atomic E-state index is -0.351. The Morgan fingerprint density at radius 3 is 2.41 bits per heavy atom. The van der Waals surface area contributed by atoms with Gasteiger partial charge in [0.1, 0.15) is 0 Å². The van der Waals surface area contributed by atoms with Crippen molar-refractivity contribution in [3.8, 4) is 0 Å². The molecule has 1 aliphatic heterocycles. The van der Waals surface area contributed by atoms with Gasteiger partial charge in [0.25, 0.3) is 5.69 Å². The fraction of sp³-hybridized carbons (Fsp3) is 0.350. The molecule has 142 valence electrons. The lowest BCUT2D eigenvalue weighted by atomic mass is 10.2. The number of anilines is 1. The van der Waals surface area contributed by atoms with Gasteiger partial charge in [-0.3, -0.25) is 10.1 Å². The van der Waals surface area contributed by atoms with Gasteiger partial charge in [-0.1, -0.05) is 36.4 Å². The number of benzene rings is 2. The van der Waals surface area contributed by atoms with Gasteiger partial charge in [0.15, 0.2) is 5.96 Å². The van der Waals surface area contributed by atoms with Crippen LogP contribution < -0.4 is 10.2 Å². The molecule has 0 aromatic heterocycles. The summed E-state index contributed by atoms with van der Waals surface area (Å²) in [6.45, 7) is 6.63. The number of guanidine groups is 1. The van der Waals surface area contributed by atoms with Gasteiger partial charge in [-0.2, -0.15) is 0 Å². The van der Waals surface area contributed by atoms with E-state index in [1.165, 1.54) is 11.8 Å². The summed E-state index contributed by atoms with van der Waals surface area (Å²) < 4.78 is 0. The molecule has 0 spiro atoms. The summed E-state index contributed by atoms with van der Waals surface area (Å²) in [7, 11) is 0. The molecule has 0 radical (unpaired) electrons. The molecule has 7 heteroatoms. The molecular formula is C20H25N5O2. The Morgan fingerprint density at radius 1 is 1.07 bits per heavy atom.